The largest absolute Gasteiger partial charge is 0.466 e. The third kappa shape index (κ3) is 5.27. The summed E-state index contributed by atoms with van der Waals surface area (Å²) in [4.78, 5) is 15.7. The quantitative estimate of drug-likeness (QED) is 0.569. The molecule has 0 bridgehead atoms. The number of carbonyl (C=O) groups is 1. The summed E-state index contributed by atoms with van der Waals surface area (Å²) in [6.45, 7) is 5.29. The molecule has 1 aromatic rings. The first-order chi connectivity index (χ1) is 8.77. The normalized spacial score (nSPS) is 12.1. The molecule has 1 aromatic heterocycles. The van der Waals surface area contributed by atoms with Gasteiger partial charge in [0.1, 0.15) is 0 Å². The van der Waals surface area contributed by atoms with E-state index < -0.39 is 0 Å². The van der Waals surface area contributed by atoms with Crippen LogP contribution in [0.3, 0.4) is 0 Å². The van der Waals surface area contributed by atoms with Gasteiger partial charge >= 0.3 is 5.97 Å². The smallest absolute Gasteiger partial charge is 0.307 e. The molecule has 0 aliphatic carbocycles. The zero-order valence-corrected chi connectivity index (χ0v) is 11.2. The molecular weight excluding hydrogens is 228 g/mol. The Morgan fingerprint density at radius 2 is 2.33 bits per heavy atom. The molecular formula is C14H22N2O2. The minimum absolute atomic E-state index is 0.00991. The molecule has 1 unspecified atom stereocenters. The summed E-state index contributed by atoms with van der Waals surface area (Å²) in [6, 6.07) is 3.86. The number of hydrogen-bond donors (Lipinski definition) is 1. The van der Waals surface area contributed by atoms with E-state index in [1.54, 1.807) is 12.4 Å². The van der Waals surface area contributed by atoms with E-state index in [4.69, 9.17) is 4.74 Å². The summed E-state index contributed by atoms with van der Waals surface area (Å²) in [6.07, 6.45) is 6.11. The molecule has 4 heteroatoms. The average Bonchev–Trinajstić information content (AvgIpc) is 2.39. The number of nitrogens with zero attached hydrogens (tertiary/aromatic N) is 1. The maximum atomic E-state index is 11.6. The summed E-state index contributed by atoms with van der Waals surface area (Å²) in [5.41, 5.74) is 1.03. The Bertz CT molecular complexity index is 341. The zero-order valence-electron chi connectivity index (χ0n) is 11.2. The standard InChI is InChI=1S/C14H22N2O2/c1-3-5-9-16-13(10-14(17)18-4-2)12-7-6-8-15-11-12/h6-8,11,13,16H,3-5,9-10H2,1-2H3. The van der Waals surface area contributed by atoms with Gasteiger partial charge < -0.3 is 10.1 Å². The van der Waals surface area contributed by atoms with Crippen LogP contribution in [0.1, 0.15) is 44.7 Å². The van der Waals surface area contributed by atoms with Gasteiger partial charge in [0.15, 0.2) is 0 Å². The van der Waals surface area contributed by atoms with Crippen LogP contribution in [0.4, 0.5) is 0 Å². The molecule has 1 atom stereocenters. The number of unbranched alkanes of at least 4 members (excludes halogenated alkanes) is 1. The van der Waals surface area contributed by atoms with Gasteiger partial charge in [0, 0.05) is 18.4 Å². The van der Waals surface area contributed by atoms with E-state index in [-0.39, 0.29) is 12.0 Å². The van der Waals surface area contributed by atoms with Crippen molar-refractivity contribution in [1.82, 2.24) is 10.3 Å². The predicted molar refractivity (Wildman–Crippen MR) is 71.1 cm³/mol. The number of pyridine rings is 1. The fraction of sp³-hybridized carbons (Fsp3) is 0.571. The van der Waals surface area contributed by atoms with Gasteiger partial charge in [-0.1, -0.05) is 19.4 Å². The highest BCUT2D eigenvalue weighted by Crippen LogP contribution is 2.16. The Kier molecular flexibility index (Phi) is 7.03. The summed E-state index contributed by atoms with van der Waals surface area (Å²) >= 11 is 0. The highest BCUT2D eigenvalue weighted by atomic mass is 16.5. The number of esters is 1. The van der Waals surface area contributed by atoms with E-state index >= 15 is 0 Å². The molecule has 0 aliphatic heterocycles. The lowest BCUT2D eigenvalue weighted by Gasteiger charge is -2.17. The summed E-state index contributed by atoms with van der Waals surface area (Å²) in [7, 11) is 0. The van der Waals surface area contributed by atoms with Crippen molar-refractivity contribution in [2.45, 2.75) is 39.2 Å². The van der Waals surface area contributed by atoms with E-state index in [0.717, 1.165) is 24.9 Å². The summed E-state index contributed by atoms with van der Waals surface area (Å²) in [5.74, 6) is -0.171. The van der Waals surface area contributed by atoms with Crippen LogP contribution in [0.15, 0.2) is 24.5 Å². The second kappa shape index (κ2) is 8.64. The molecule has 0 amide bonds. The van der Waals surface area contributed by atoms with Crippen LogP contribution >= 0.6 is 0 Å². The maximum Gasteiger partial charge on any atom is 0.307 e. The van der Waals surface area contributed by atoms with E-state index in [0.29, 0.717) is 13.0 Å². The van der Waals surface area contributed by atoms with Gasteiger partial charge in [0.2, 0.25) is 0 Å². The van der Waals surface area contributed by atoms with Crippen LogP contribution in [0, 0.1) is 0 Å². The first-order valence-corrected chi connectivity index (χ1v) is 6.56. The van der Waals surface area contributed by atoms with E-state index in [1.807, 2.05) is 19.1 Å². The van der Waals surface area contributed by atoms with Crippen molar-refractivity contribution in [3.8, 4) is 0 Å². The zero-order chi connectivity index (χ0) is 13.2. The Hall–Kier alpha value is -1.42. The van der Waals surface area contributed by atoms with Crippen LogP contribution in [0.2, 0.25) is 0 Å². The monoisotopic (exact) mass is 250 g/mol. The first kappa shape index (κ1) is 14.6. The molecule has 4 nitrogen and oxygen atoms in total. The van der Waals surface area contributed by atoms with Crippen molar-refractivity contribution < 1.29 is 9.53 Å². The number of aromatic nitrogens is 1. The summed E-state index contributed by atoms with van der Waals surface area (Å²) < 4.78 is 5.00. The second-order valence-electron chi connectivity index (χ2n) is 4.16. The Morgan fingerprint density at radius 1 is 1.50 bits per heavy atom. The van der Waals surface area contributed by atoms with Gasteiger partial charge in [-0.2, -0.15) is 0 Å². The van der Waals surface area contributed by atoms with E-state index in [1.165, 1.54) is 0 Å². The lowest BCUT2D eigenvalue weighted by atomic mass is 10.1. The Morgan fingerprint density at radius 3 is 2.94 bits per heavy atom. The van der Waals surface area contributed by atoms with Gasteiger partial charge in [-0.15, -0.1) is 0 Å². The van der Waals surface area contributed by atoms with Crippen molar-refractivity contribution in [2.24, 2.45) is 0 Å². The number of rotatable bonds is 8. The maximum absolute atomic E-state index is 11.6. The topological polar surface area (TPSA) is 51.2 Å². The fourth-order valence-corrected chi connectivity index (χ4v) is 1.73. The molecule has 0 fully saturated rings. The van der Waals surface area contributed by atoms with Crippen molar-refractivity contribution in [3.63, 3.8) is 0 Å². The van der Waals surface area contributed by atoms with Crippen LogP contribution in [0.25, 0.3) is 0 Å². The van der Waals surface area contributed by atoms with Gasteiger partial charge in [0.25, 0.3) is 0 Å². The van der Waals surface area contributed by atoms with Gasteiger partial charge in [-0.3, -0.25) is 9.78 Å². The molecule has 0 radical (unpaired) electrons. The first-order valence-electron chi connectivity index (χ1n) is 6.56. The predicted octanol–water partition coefficient (Wildman–Crippen LogP) is 2.47. The van der Waals surface area contributed by atoms with E-state index in [2.05, 4.69) is 17.2 Å². The van der Waals surface area contributed by atoms with Crippen LogP contribution in [0.5, 0.6) is 0 Å². The van der Waals surface area contributed by atoms with Crippen LogP contribution in [-0.4, -0.2) is 24.1 Å². The molecule has 18 heavy (non-hydrogen) atoms. The Balaban J connectivity index is 2.60. The Labute approximate surface area is 109 Å². The van der Waals surface area contributed by atoms with Crippen molar-refractivity contribution >= 4 is 5.97 Å². The highest BCUT2D eigenvalue weighted by molar-refractivity contribution is 5.70. The molecule has 0 saturated heterocycles. The van der Waals surface area contributed by atoms with Crippen molar-refractivity contribution in [1.29, 1.82) is 0 Å². The van der Waals surface area contributed by atoms with Crippen LogP contribution < -0.4 is 5.32 Å². The molecule has 0 saturated carbocycles. The van der Waals surface area contributed by atoms with Crippen molar-refractivity contribution in [2.75, 3.05) is 13.2 Å². The number of carbonyl (C=O) groups excluding carboxylic acids is 1. The van der Waals surface area contributed by atoms with Gasteiger partial charge in [0.05, 0.1) is 13.0 Å². The second-order valence-corrected chi connectivity index (χ2v) is 4.16. The number of hydrogen-bond acceptors (Lipinski definition) is 4. The molecule has 1 heterocycles. The highest BCUT2D eigenvalue weighted by Gasteiger charge is 2.16. The molecule has 1 rings (SSSR count). The van der Waals surface area contributed by atoms with E-state index in [9.17, 15) is 4.79 Å². The summed E-state index contributed by atoms with van der Waals surface area (Å²) in [5, 5.41) is 3.39. The minimum Gasteiger partial charge on any atom is -0.466 e. The van der Waals surface area contributed by atoms with Gasteiger partial charge in [-0.05, 0) is 31.5 Å². The van der Waals surface area contributed by atoms with Crippen molar-refractivity contribution in [3.05, 3.63) is 30.1 Å². The third-order valence-corrected chi connectivity index (χ3v) is 2.68. The number of ether oxygens (including phenoxy) is 1. The third-order valence-electron chi connectivity index (χ3n) is 2.68. The molecule has 1 N–H and O–H groups in total. The lowest BCUT2D eigenvalue weighted by molar-refractivity contribution is -0.143. The number of nitrogens with one attached hydrogen (secondary N) is 1. The van der Waals surface area contributed by atoms with Crippen LogP contribution in [-0.2, 0) is 9.53 Å². The average molecular weight is 250 g/mol. The lowest BCUT2D eigenvalue weighted by Crippen LogP contribution is -2.25. The SMILES string of the molecule is CCCCNC(CC(=O)OCC)c1cccnc1. The van der Waals surface area contributed by atoms with Gasteiger partial charge in [-0.25, -0.2) is 0 Å². The molecule has 100 valence electrons. The molecule has 0 spiro atoms. The minimum atomic E-state index is -0.171. The fourth-order valence-electron chi connectivity index (χ4n) is 1.73. The molecule has 0 aromatic carbocycles. The molecule has 0 aliphatic rings.